The molecule has 0 spiro atoms. The third kappa shape index (κ3) is 3.74. The predicted molar refractivity (Wildman–Crippen MR) is 88.2 cm³/mol. The van der Waals surface area contributed by atoms with Crippen molar-refractivity contribution in [1.29, 1.82) is 0 Å². The lowest BCUT2D eigenvalue weighted by Gasteiger charge is -2.32. The van der Waals surface area contributed by atoms with E-state index in [9.17, 15) is 0 Å². The van der Waals surface area contributed by atoms with E-state index in [1.807, 2.05) is 6.92 Å². The number of benzene rings is 1. The van der Waals surface area contributed by atoms with Gasteiger partial charge in [0.2, 0.25) is 0 Å². The van der Waals surface area contributed by atoms with E-state index >= 15 is 0 Å². The smallest absolute Gasteiger partial charge is 0.0637 e. The number of hydrogen-bond acceptors (Lipinski definition) is 3. The summed E-state index contributed by atoms with van der Waals surface area (Å²) < 4.78 is 6.36. The van der Waals surface area contributed by atoms with E-state index < -0.39 is 0 Å². The first-order valence-electron chi connectivity index (χ1n) is 7.35. The molecule has 0 aliphatic heterocycles. The molecule has 0 radical (unpaired) electrons. The Hall–Kier alpha value is -0.580. The monoisotopic (exact) mass is 340 g/mol. The molecular weight excluding hydrogens is 316 g/mol. The maximum Gasteiger partial charge on any atom is 0.0637 e. The van der Waals surface area contributed by atoms with Gasteiger partial charge in [0.25, 0.3) is 0 Å². The van der Waals surface area contributed by atoms with Gasteiger partial charge < -0.3 is 15.4 Å². The van der Waals surface area contributed by atoms with Crippen LogP contribution in [0.5, 0.6) is 0 Å². The summed E-state index contributed by atoms with van der Waals surface area (Å²) in [6.07, 6.45) is 2.70. The Morgan fingerprint density at radius 2 is 2.10 bits per heavy atom. The SMILES string of the molecule is COCCN(c1ccc(C(C)N)c(Br)c1)C(C)C1CC1. The number of hydrogen-bond donors (Lipinski definition) is 1. The minimum Gasteiger partial charge on any atom is -0.383 e. The van der Waals surface area contributed by atoms with E-state index in [-0.39, 0.29) is 6.04 Å². The lowest BCUT2D eigenvalue weighted by atomic mass is 10.1. The molecule has 0 heterocycles. The molecule has 112 valence electrons. The average Bonchev–Trinajstić information content (AvgIpc) is 3.22. The van der Waals surface area contributed by atoms with Crippen molar-refractivity contribution in [3.63, 3.8) is 0 Å². The summed E-state index contributed by atoms with van der Waals surface area (Å²) >= 11 is 3.65. The fourth-order valence-corrected chi connectivity index (χ4v) is 3.38. The van der Waals surface area contributed by atoms with Crippen LogP contribution in [-0.4, -0.2) is 26.3 Å². The largest absolute Gasteiger partial charge is 0.383 e. The number of anilines is 1. The van der Waals surface area contributed by atoms with E-state index in [0.717, 1.165) is 29.1 Å². The van der Waals surface area contributed by atoms with Crippen LogP contribution in [0.1, 0.15) is 38.3 Å². The summed E-state index contributed by atoms with van der Waals surface area (Å²) in [4.78, 5) is 2.46. The second-order valence-electron chi connectivity index (χ2n) is 5.76. The zero-order valence-electron chi connectivity index (χ0n) is 12.6. The van der Waals surface area contributed by atoms with Crippen LogP contribution in [0.2, 0.25) is 0 Å². The molecule has 20 heavy (non-hydrogen) atoms. The highest BCUT2D eigenvalue weighted by Gasteiger charge is 2.32. The minimum atomic E-state index is 0.0479. The topological polar surface area (TPSA) is 38.5 Å². The van der Waals surface area contributed by atoms with Gasteiger partial charge in [-0.2, -0.15) is 0 Å². The molecule has 0 amide bonds. The first-order chi connectivity index (χ1) is 9.54. The molecule has 2 unspecified atom stereocenters. The van der Waals surface area contributed by atoms with Crippen molar-refractivity contribution in [2.24, 2.45) is 11.7 Å². The molecule has 4 heteroatoms. The van der Waals surface area contributed by atoms with Crippen LogP contribution in [0.4, 0.5) is 5.69 Å². The summed E-state index contributed by atoms with van der Waals surface area (Å²) in [7, 11) is 1.76. The van der Waals surface area contributed by atoms with Crippen LogP contribution < -0.4 is 10.6 Å². The molecule has 0 bridgehead atoms. The Balaban J connectivity index is 2.21. The van der Waals surface area contributed by atoms with Crippen molar-refractivity contribution < 1.29 is 4.74 Å². The zero-order valence-corrected chi connectivity index (χ0v) is 14.2. The molecule has 2 atom stereocenters. The Labute approximate surface area is 130 Å². The van der Waals surface area contributed by atoms with Crippen LogP contribution in [0.25, 0.3) is 0 Å². The Bertz CT molecular complexity index is 446. The minimum absolute atomic E-state index is 0.0479. The highest BCUT2D eigenvalue weighted by atomic mass is 79.9. The molecule has 0 aromatic heterocycles. The third-order valence-electron chi connectivity index (χ3n) is 4.14. The van der Waals surface area contributed by atoms with Gasteiger partial charge in [-0.3, -0.25) is 0 Å². The number of methoxy groups -OCH3 is 1. The van der Waals surface area contributed by atoms with Crippen molar-refractivity contribution in [1.82, 2.24) is 0 Å². The van der Waals surface area contributed by atoms with E-state index in [1.165, 1.54) is 18.5 Å². The lowest BCUT2D eigenvalue weighted by Crippen LogP contribution is -2.37. The van der Waals surface area contributed by atoms with Gasteiger partial charge in [-0.25, -0.2) is 0 Å². The van der Waals surface area contributed by atoms with Gasteiger partial charge in [-0.15, -0.1) is 0 Å². The summed E-state index contributed by atoms with van der Waals surface area (Å²) in [6, 6.07) is 7.11. The van der Waals surface area contributed by atoms with Crippen molar-refractivity contribution >= 4 is 21.6 Å². The molecule has 2 rings (SSSR count). The van der Waals surface area contributed by atoms with Gasteiger partial charge in [-0.05, 0) is 50.3 Å². The molecule has 1 aliphatic carbocycles. The van der Waals surface area contributed by atoms with Gasteiger partial charge in [-0.1, -0.05) is 22.0 Å². The predicted octanol–water partition coefficient (Wildman–Crippen LogP) is 3.72. The summed E-state index contributed by atoms with van der Waals surface area (Å²) in [5, 5.41) is 0. The molecule has 0 saturated heterocycles. The van der Waals surface area contributed by atoms with E-state index in [1.54, 1.807) is 7.11 Å². The number of rotatable bonds is 7. The Morgan fingerprint density at radius 1 is 1.40 bits per heavy atom. The van der Waals surface area contributed by atoms with Crippen molar-refractivity contribution in [2.45, 2.75) is 38.8 Å². The summed E-state index contributed by atoms with van der Waals surface area (Å²) in [5.41, 5.74) is 8.38. The first kappa shape index (κ1) is 15.8. The Kier molecular flexibility index (Phi) is 5.47. The van der Waals surface area contributed by atoms with Gasteiger partial charge in [0, 0.05) is 35.9 Å². The Morgan fingerprint density at radius 3 is 2.60 bits per heavy atom. The van der Waals surface area contributed by atoms with Crippen LogP contribution in [0.15, 0.2) is 22.7 Å². The lowest BCUT2D eigenvalue weighted by molar-refractivity contribution is 0.202. The van der Waals surface area contributed by atoms with Gasteiger partial charge >= 0.3 is 0 Å². The van der Waals surface area contributed by atoms with Gasteiger partial charge in [0.05, 0.1) is 6.61 Å². The van der Waals surface area contributed by atoms with E-state index in [0.29, 0.717) is 6.04 Å². The van der Waals surface area contributed by atoms with E-state index in [4.69, 9.17) is 10.5 Å². The summed E-state index contributed by atoms with van der Waals surface area (Å²) in [5.74, 6) is 0.832. The van der Waals surface area contributed by atoms with Crippen LogP contribution in [0.3, 0.4) is 0 Å². The van der Waals surface area contributed by atoms with Crippen molar-refractivity contribution in [2.75, 3.05) is 25.2 Å². The standard InChI is InChI=1S/C16H25BrN2O/c1-11(18)15-7-6-14(10-16(15)17)19(8-9-20-3)12(2)13-4-5-13/h6-7,10-13H,4-5,8-9,18H2,1-3H3. The van der Waals surface area contributed by atoms with Gasteiger partial charge in [0.15, 0.2) is 0 Å². The highest BCUT2D eigenvalue weighted by molar-refractivity contribution is 9.10. The molecular formula is C16H25BrN2O. The quantitative estimate of drug-likeness (QED) is 0.821. The van der Waals surface area contributed by atoms with Crippen molar-refractivity contribution in [3.8, 4) is 0 Å². The first-order valence-corrected chi connectivity index (χ1v) is 8.14. The molecule has 1 aliphatic rings. The molecule has 1 fully saturated rings. The third-order valence-corrected chi connectivity index (χ3v) is 4.83. The second-order valence-corrected chi connectivity index (χ2v) is 6.61. The maximum absolute atomic E-state index is 5.98. The number of ether oxygens (including phenoxy) is 1. The summed E-state index contributed by atoms with van der Waals surface area (Å²) in [6.45, 7) is 6.01. The molecule has 1 aromatic rings. The molecule has 2 N–H and O–H groups in total. The van der Waals surface area contributed by atoms with Crippen LogP contribution in [0, 0.1) is 5.92 Å². The molecule has 1 aromatic carbocycles. The molecule has 3 nitrogen and oxygen atoms in total. The average molecular weight is 341 g/mol. The van der Waals surface area contributed by atoms with Crippen LogP contribution in [-0.2, 0) is 4.74 Å². The number of nitrogens with zero attached hydrogens (tertiary/aromatic N) is 1. The van der Waals surface area contributed by atoms with Crippen LogP contribution >= 0.6 is 15.9 Å². The highest BCUT2D eigenvalue weighted by Crippen LogP contribution is 2.37. The van der Waals surface area contributed by atoms with E-state index in [2.05, 4.69) is 46.0 Å². The zero-order chi connectivity index (χ0) is 14.7. The van der Waals surface area contributed by atoms with Crippen molar-refractivity contribution in [3.05, 3.63) is 28.2 Å². The van der Waals surface area contributed by atoms with Gasteiger partial charge in [0.1, 0.15) is 0 Å². The fraction of sp³-hybridized carbons (Fsp3) is 0.625. The normalized spacial score (nSPS) is 17.9. The maximum atomic E-state index is 5.98. The molecule has 1 saturated carbocycles. The number of nitrogens with two attached hydrogens (primary N) is 1. The second kappa shape index (κ2) is 6.92. The number of halogens is 1. The fourth-order valence-electron chi connectivity index (χ4n) is 2.65.